The van der Waals surface area contributed by atoms with Crippen molar-refractivity contribution in [3.63, 3.8) is 0 Å². The molecule has 0 atom stereocenters. The smallest absolute Gasteiger partial charge is 0.289 e. The number of halogens is 1. The first-order valence-corrected chi connectivity index (χ1v) is 6.92. The van der Waals surface area contributed by atoms with Gasteiger partial charge in [0.15, 0.2) is 5.82 Å². The summed E-state index contributed by atoms with van der Waals surface area (Å²) in [4.78, 5) is 22.5. The number of hydrogen-bond acceptors (Lipinski definition) is 4. The fourth-order valence-electron chi connectivity index (χ4n) is 2.52. The molecule has 1 aliphatic heterocycles. The first-order valence-electron chi connectivity index (χ1n) is 6.92. The zero-order valence-corrected chi connectivity index (χ0v) is 11.8. The Balaban J connectivity index is 1.67. The third-order valence-corrected chi connectivity index (χ3v) is 3.69. The van der Waals surface area contributed by atoms with Gasteiger partial charge in [-0.3, -0.25) is 4.79 Å². The van der Waals surface area contributed by atoms with Gasteiger partial charge in [-0.1, -0.05) is 0 Å². The van der Waals surface area contributed by atoms with Crippen LogP contribution in [0.3, 0.4) is 0 Å². The largest absolute Gasteiger partial charge is 0.366 e. The van der Waals surface area contributed by atoms with Gasteiger partial charge in [0.05, 0.1) is 17.3 Å². The number of rotatable bonds is 2. The third-order valence-electron chi connectivity index (χ3n) is 3.69. The summed E-state index contributed by atoms with van der Waals surface area (Å²) < 4.78 is 14.0. The molecular weight excluding hydrogens is 285 g/mol. The zero-order valence-electron chi connectivity index (χ0n) is 11.8. The number of H-pyrrole nitrogens is 1. The highest BCUT2D eigenvalue weighted by molar-refractivity contribution is 5.90. The number of hydrogen-bond donors (Lipinski definition) is 1. The Morgan fingerprint density at radius 3 is 2.68 bits per heavy atom. The standard InChI is InChI=1S/C15H14FN5O/c16-12-9-11(10-17)1-2-13(12)20-5-7-21(8-6-20)15(22)14-18-3-4-19-14/h1-4,9H,5-8H2,(H,18,19). The van der Waals surface area contributed by atoms with Gasteiger partial charge in [0.1, 0.15) is 5.82 Å². The molecule has 0 radical (unpaired) electrons. The van der Waals surface area contributed by atoms with E-state index >= 15 is 0 Å². The Morgan fingerprint density at radius 1 is 1.32 bits per heavy atom. The van der Waals surface area contributed by atoms with Crippen LogP contribution in [0.4, 0.5) is 10.1 Å². The van der Waals surface area contributed by atoms with Crippen LogP contribution in [0.5, 0.6) is 0 Å². The van der Waals surface area contributed by atoms with Gasteiger partial charge < -0.3 is 14.8 Å². The average molecular weight is 299 g/mol. The maximum atomic E-state index is 14.0. The van der Waals surface area contributed by atoms with Gasteiger partial charge in [-0.25, -0.2) is 9.37 Å². The second kappa shape index (κ2) is 5.85. The molecule has 0 spiro atoms. The minimum Gasteiger partial charge on any atom is -0.366 e. The van der Waals surface area contributed by atoms with Gasteiger partial charge in [0, 0.05) is 38.6 Å². The van der Waals surface area contributed by atoms with Gasteiger partial charge >= 0.3 is 0 Å². The number of benzene rings is 1. The maximum Gasteiger partial charge on any atom is 0.289 e. The molecule has 1 aromatic carbocycles. The predicted octanol–water partition coefficient (Wildman–Crippen LogP) is 1.38. The molecule has 1 fully saturated rings. The van der Waals surface area contributed by atoms with Crippen molar-refractivity contribution in [2.75, 3.05) is 31.1 Å². The quantitative estimate of drug-likeness (QED) is 0.909. The fourth-order valence-corrected chi connectivity index (χ4v) is 2.52. The summed E-state index contributed by atoms with van der Waals surface area (Å²) in [5.74, 6) is -0.243. The van der Waals surface area contributed by atoms with E-state index in [4.69, 9.17) is 5.26 Å². The summed E-state index contributed by atoms with van der Waals surface area (Å²) in [5, 5.41) is 8.77. The molecule has 0 saturated carbocycles. The number of aromatic nitrogens is 2. The number of nitrogens with one attached hydrogen (secondary N) is 1. The second-order valence-corrected chi connectivity index (χ2v) is 5.00. The number of nitriles is 1. The SMILES string of the molecule is N#Cc1ccc(N2CCN(C(=O)c3ncc[nH]3)CC2)c(F)c1. The van der Waals surface area contributed by atoms with E-state index in [1.807, 2.05) is 11.0 Å². The van der Waals surface area contributed by atoms with Crippen molar-refractivity contribution in [2.45, 2.75) is 0 Å². The molecule has 1 aromatic heterocycles. The van der Waals surface area contributed by atoms with Crippen molar-refractivity contribution >= 4 is 11.6 Å². The molecular formula is C15H14FN5O. The van der Waals surface area contributed by atoms with Crippen LogP contribution in [-0.4, -0.2) is 47.0 Å². The van der Waals surface area contributed by atoms with E-state index in [-0.39, 0.29) is 5.91 Å². The Kier molecular flexibility index (Phi) is 3.74. The van der Waals surface area contributed by atoms with Crippen molar-refractivity contribution in [3.05, 3.63) is 47.8 Å². The molecule has 6 nitrogen and oxygen atoms in total. The molecule has 3 rings (SSSR count). The summed E-state index contributed by atoms with van der Waals surface area (Å²) >= 11 is 0. The molecule has 2 heterocycles. The molecule has 1 amide bonds. The topological polar surface area (TPSA) is 76.0 Å². The molecule has 2 aromatic rings. The van der Waals surface area contributed by atoms with Crippen LogP contribution in [0.2, 0.25) is 0 Å². The van der Waals surface area contributed by atoms with Gasteiger partial charge in [0.25, 0.3) is 5.91 Å². The van der Waals surface area contributed by atoms with Crippen molar-refractivity contribution < 1.29 is 9.18 Å². The predicted molar refractivity (Wildman–Crippen MR) is 77.8 cm³/mol. The van der Waals surface area contributed by atoms with Crippen LogP contribution in [0, 0.1) is 17.1 Å². The molecule has 22 heavy (non-hydrogen) atoms. The second-order valence-electron chi connectivity index (χ2n) is 5.00. The Bertz CT molecular complexity index is 714. The zero-order chi connectivity index (χ0) is 15.5. The first kappa shape index (κ1) is 14.1. The molecule has 0 aliphatic carbocycles. The number of imidazole rings is 1. The Morgan fingerprint density at radius 2 is 2.09 bits per heavy atom. The van der Waals surface area contributed by atoms with Crippen LogP contribution < -0.4 is 4.90 Å². The fraction of sp³-hybridized carbons (Fsp3) is 0.267. The van der Waals surface area contributed by atoms with Crippen LogP contribution in [0.25, 0.3) is 0 Å². The number of aromatic amines is 1. The van der Waals surface area contributed by atoms with E-state index in [0.29, 0.717) is 43.3 Å². The lowest BCUT2D eigenvalue weighted by Gasteiger charge is -2.35. The van der Waals surface area contributed by atoms with Crippen LogP contribution in [0.15, 0.2) is 30.6 Å². The number of piperazine rings is 1. The number of carbonyl (C=O) groups excluding carboxylic acids is 1. The monoisotopic (exact) mass is 299 g/mol. The van der Waals surface area contributed by atoms with Gasteiger partial charge in [-0.05, 0) is 18.2 Å². The number of nitrogens with zero attached hydrogens (tertiary/aromatic N) is 4. The number of amides is 1. The molecule has 1 aliphatic rings. The lowest BCUT2D eigenvalue weighted by atomic mass is 10.2. The van der Waals surface area contributed by atoms with Crippen LogP contribution in [-0.2, 0) is 0 Å². The van der Waals surface area contributed by atoms with Crippen molar-refractivity contribution in [1.82, 2.24) is 14.9 Å². The average Bonchev–Trinajstić information content (AvgIpc) is 3.08. The minimum atomic E-state index is -0.412. The van der Waals surface area contributed by atoms with Crippen molar-refractivity contribution in [3.8, 4) is 6.07 Å². The normalized spacial score (nSPS) is 14.7. The highest BCUT2D eigenvalue weighted by Gasteiger charge is 2.24. The summed E-state index contributed by atoms with van der Waals surface area (Å²) in [6, 6.07) is 6.35. The highest BCUT2D eigenvalue weighted by Crippen LogP contribution is 2.22. The van der Waals surface area contributed by atoms with E-state index in [1.165, 1.54) is 12.3 Å². The van der Waals surface area contributed by atoms with Gasteiger partial charge in [-0.2, -0.15) is 5.26 Å². The van der Waals surface area contributed by atoms with Crippen molar-refractivity contribution in [2.24, 2.45) is 0 Å². The molecule has 1 saturated heterocycles. The van der Waals surface area contributed by atoms with Gasteiger partial charge in [0.2, 0.25) is 0 Å². The summed E-state index contributed by atoms with van der Waals surface area (Å²) in [6.07, 6.45) is 3.14. The molecule has 0 unspecified atom stereocenters. The van der Waals surface area contributed by atoms with Crippen LogP contribution in [0.1, 0.15) is 16.2 Å². The highest BCUT2D eigenvalue weighted by atomic mass is 19.1. The molecule has 112 valence electrons. The molecule has 0 bridgehead atoms. The number of anilines is 1. The van der Waals surface area contributed by atoms with Crippen LogP contribution >= 0.6 is 0 Å². The van der Waals surface area contributed by atoms with Gasteiger partial charge in [-0.15, -0.1) is 0 Å². The maximum absolute atomic E-state index is 14.0. The lowest BCUT2D eigenvalue weighted by Crippen LogP contribution is -2.49. The van der Waals surface area contributed by atoms with E-state index < -0.39 is 5.82 Å². The molecule has 7 heteroatoms. The van der Waals surface area contributed by atoms with E-state index in [1.54, 1.807) is 23.2 Å². The summed E-state index contributed by atoms with van der Waals surface area (Å²) in [6.45, 7) is 2.07. The Hall–Kier alpha value is -2.88. The number of carbonyl (C=O) groups is 1. The summed E-state index contributed by atoms with van der Waals surface area (Å²) in [7, 11) is 0. The minimum absolute atomic E-state index is 0.148. The van der Waals surface area contributed by atoms with E-state index in [0.717, 1.165) is 0 Å². The van der Waals surface area contributed by atoms with E-state index in [9.17, 15) is 9.18 Å². The first-order chi connectivity index (χ1) is 10.7. The molecule has 1 N–H and O–H groups in total. The third kappa shape index (κ3) is 2.63. The van der Waals surface area contributed by atoms with E-state index in [2.05, 4.69) is 9.97 Å². The lowest BCUT2D eigenvalue weighted by molar-refractivity contribution is 0.0735. The van der Waals surface area contributed by atoms with Crippen molar-refractivity contribution in [1.29, 1.82) is 5.26 Å². The summed E-state index contributed by atoms with van der Waals surface area (Å²) in [5.41, 5.74) is 0.761. The Labute approximate surface area is 126 Å².